The summed E-state index contributed by atoms with van der Waals surface area (Å²) >= 11 is 0. The first-order valence-electron chi connectivity index (χ1n) is 7.18. The molecular formula is C15H21NO4S. The lowest BCUT2D eigenvalue weighted by molar-refractivity contribution is -0.149. The van der Waals surface area contributed by atoms with Gasteiger partial charge in [-0.25, -0.2) is 8.42 Å². The second-order valence-electron chi connectivity index (χ2n) is 5.27. The topological polar surface area (TPSA) is 63.7 Å². The van der Waals surface area contributed by atoms with Crippen LogP contribution in [0.15, 0.2) is 29.2 Å². The Balaban J connectivity index is 2.18. The summed E-state index contributed by atoms with van der Waals surface area (Å²) in [6.07, 6.45) is 1.35. The summed E-state index contributed by atoms with van der Waals surface area (Å²) in [4.78, 5) is 12.1. The highest BCUT2D eigenvalue weighted by molar-refractivity contribution is 7.89. The van der Waals surface area contributed by atoms with E-state index in [1.54, 1.807) is 25.1 Å². The van der Waals surface area contributed by atoms with Crippen molar-refractivity contribution in [2.24, 2.45) is 5.92 Å². The van der Waals surface area contributed by atoms with Crippen LogP contribution >= 0.6 is 0 Å². The Hall–Kier alpha value is -1.40. The van der Waals surface area contributed by atoms with Crippen LogP contribution in [-0.4, -0.2) is 38.4 Å². The van der Waals surface area contributed by atoms with E-state index in [4.69, 9.17) is 4.74 Å². The van der Waals surface area contributed by atoms with Gasteiger partial charge in [0.15, 0.2) is 0 Å². The van der Waals surface area contributed by atoms with Gasteiger partial charge in [0.1, 0.15) is 0 Å². The molecular weight excluding hydrogens is 290 g/mol. The minimum Gasteiger partial charge on any atom is -0.466 e. The number of ether oxygens (including phenoxy) is 1. The highest BCUT2D eigenvalue weighted by atomic mass is 32.2. The van der Waals surface area contributed by atoms with Crippen molar-refractivity contribution in [3.05, 3.63) is 29.8 Å². The van der Waals surface area contributed by atoms with Crippen LogP contribution in [-0.2, 0) is 19.6 Å². The second kappa shape index (κ2) is 6.58. The van der Waals surface area contributed by atoms with Gasteiger partial charge in [0.05, 0.1) is 17.4 Å². The molecule has 0 aliphatic carbocycles. The SMILES string of the molecule is CCOC(=O)[C@H]1CCCN(S(=O)(=O)c2cccc(C)c2)C1. The molecule has 116 valence electrons. The number of esters is 1. The number of piperidine rings is 1. The van der Waals surface area contributed by atoms with Crippen molar-refractivity contribution in [1.82, 2.24) is 4.31 Å². The first kappa shape index (κ1) is 16.0. The molecule has 0 saturated carbocycles. The average molecular weight is 311 g/mol. The Morgan fingerprint density at radius 2 is 2.19 bits per heavy atom. The highest BCUT2D eigenvalue weighted by Crippen LogP contribution is 2.24. The van der Waals surface area contributed by atoms with Gasteiger partial charge in [-0.05, 0) is 44.4 Å². The molecule has 0 amide bonds. The van der Waals surface area contributed by atoms with Crippen LogP contribution in [0.3, 0.4) is 0 Å². The largest absolute Gasteiger partial charge is 0.466 e. The van der Waals surface area contributed by atoms with Gasteiger partial charge in [-0.2, -0.15) is 4.31 Å². The van der Waals surface area contributed by atoms with Gasteiger partial charge < -0.3 is 4.74 Å². The minimum absolute atomic E-state index is 0.203. The Labute approximate surface area is 126 Å². The van der Waals surface area contributed by atoms with Crippen molar-refractivity contribution in [1.29, 1.82) is 0 Å². The fraction of sp³-hybridized carbons (Fsp3) is 0.533. The fourth-order valence-electron chi connectivity index (χ4n) is 2.54. The van der Waals surface area contributed by atoms with E-state index in [2.05, 4.69) is 0 Å². The summed E-state index contributed by atoms with van der Waals surface area (Å²) in [6.45, 7) is 4.58. The summed E-state index contributed by atoms with van der Waals surface area (Å²) in [5.41, 5.74) is 0.898. The van der Waals surface area contributed by atoms with E-state index in [9.17, 15) is 13.2 Å². The number of benzene rings is 1. The van der Waals surface area contributed by atoms with Crippen molar-refractivity contribution in [3.8, 4) is 0 Å². The molecule has 1 aromatic carbocycles. The molecule has 1 saturated heterocycles. The molecule has 2 rings (SSSR count). The normalized spacial score (nSPS) is 20.2. The predicted molar refractivity (Wildman–Crippen MR) is 79.3 cm³/mol. The summed E-state index contributed by atoms with van der Waals surface area (Å²) in [6, 6.07) is 6.84. The summed E-state index contributed by atoms with van der Waals surface area (Å²) in [7, 11) is -3.54. The molecule has 1 heterocycles. The minimum atomic E-state index is -3.54. The maximum Gasteiger partial charge on any atom is 0.310 e. The van der Waals surface area contributed by atoms with E-state index in [0.717, 1.165) is 5.56 Å². The number of aryl methyl sites for hydroxylation is 1. The molecule has 5 nitrogen and oxygen atoms in total. The van der Waals surface area contributed by atoms with Crippen molar-refractivity contribution in [2.75, 3.05) is 19.7 Å². The molecule has 21 heavy (non-hydrogen) atoms. The molecule has 1 aliphatic rings. The molecule has 1 atom stereocenters. The van der Waals surface area contributed by atoms with Gasteiger partial charge in [-0.15, -0.1) is 0 Å². The number of hydrogen-bond acceptors (Lipinski definition) is 4. The molecule has 0 bridgehead atoms. The number of sulfonamides is 1. The van der Waals surface area contributed by atoms with Crippen molar-refractivity contribution < 1.29 is 17.9 Å². The molecule has 0 spiro atoms. The van der Waals surface area contributed by atoms with E-state index in [1.165, 1.54) is 4.31 Å². The van der Waals surface area contributed by atoms with Gasteiger partial charge in [-0.1, -0.05) is 12.1 Å². The molecule has 1 aromatic rings. The first-order chi connectivity index (χ1) is 9.95. The van der Waals surface area contributed by atoms with Gasteiger partial charge >= 0.3 is 5.97 Å². The first-order valence-corrected chi connectivity index (χ1v) is 8.62. The van der Waals surface area contributed by atoms with E-state index < -0.39 is 10.0 Å². The van der Waals surface area contributed by atoms with Crippen LogP contribution < -0.4 is 0 Å². The van der Waals surface area contributed by atoms with Gasteiger partial charge in [0, 0.05) is 13.1 Å². The molecule has 1 aliphatic heterocycles. The van der Waals surface area contributed by atoms with Crippen molar-refractivity contribution in [2.45, 2.75) is 31.6 Å². The molecule has 6 heteroatoms. The predicted octanol–water partition coefficient (Wildman–Crippen LogP) is 1.96. The van der Waals surface area contributed by atoms with E-state index in [1.807, 2.05) is 13.0 Å². The lowest BCUT2D eigenvalue weighted by atomic mass is 10.0. The van der Waals surface area contributed by atoms with Gasteiger partial charge in [-0.3, -0.25) is 4.79 Å². The maximum absolute atomic E-state index is 12.6. The van der Waals surface area contributed by atoms with E-state index in [-0.39, 0.29) is 23.3 Å². The Morgan fingerprint density at radius 1 is 1.43 bits per heavy atom. The molecule has 0 unspecified atom stereocenters. The number of nitrogens with zero attached hydrogens (tertiary/aromatic N) is 1. The number of hydrogen-bond donors (Lipinski definition) is 0. The monoisotopic (exact) mass is 311 g/mol. The van der Waals surface area contributed by atoms with Gasteiger partial charge in [0.2, 0.25) is 10.0 Å². The average Bonchev–Trinajstić information content (AvgIpc) is 2.47. The van der Waals surface area contributed by atoms with Crippen LogP contribution in [0.1, 0.15) is 25.3 Å². The zero-order valence-electron chi connectivity index (χ0n) is 12.4. The van der Waals surface area contributed by atoms with Crippen LogP contribution in [0.25, 0.3) is 0 Å². The van der Waals surface area contributed by atoms with E-state index >= 15 is 0 Å². The van der Waals surface area contributed by atoms with Crippen LogP contribution in [0, 0.1) is 12.8 Å². The van der Waals surface area contributed by atoms with Crippen LogP contribution in [0.5, 0.6) is 0 Å². The standard InChI is InChI=1S/C15H21NO4S/c1-3-20-15(17)13-7-5-9-16(11-13)21(18,19)14-8-4-6-12(2)10-14/h4,6,8,10,13H,3,5,7,9,11H2,1-2H3/t13-/m0/s1. The van der Waals surface area contributed by atoms with Crippen molar-refractivity contribution >= 4 is 16.0 Å². The van der Waals surface area contributed by atoms with Crippen molar-refractivity contribution in [3.63, 3.8) is 0 Å². The molecule has 1 fully saturated rings. The number of carbonyl (C=O) groups is 1. The second-order valence-corrected chi connectivity index (χ2v) is 7.21. The number of rotatable bonds is 4. The Kier molecular flexibility index (Phi) is 5.00. The highest BCUT2D eigenvalue weighted by Gasteiger charge is 2.33. The lowest BCUT2D eigenvalue weighted by Crippen LogP contribution is -2.42. The third kappa shape index (κ3) is 3.63. The van der Waals surface area contributed by atoms with Crippen LogP contribution in [0.2, 0.25) is 0 Å². The Bertz CT molecular complexity index is 612. The smallest absolute Gasteiger partial charge is 0.310 e. The Morgan fingerprint density at radius 3 is 2.86 bits per heavy atom. The van der Waals surface area contributed by atoms with Crippen LogP contribution in [0.4, 0.5) is 0 Å². The third-order valence-corrected chi connectivity index (χ3v) is 5.49. The quantitative estimate of drug-likeness (QED) is 0.797. The number of carbonyl (C=O) groups excluding carboxylic acids is 1. The van der Waals surface area contributed by atoms with E-state index in [0.29, 0.717) is 26.0 Å². The molecule has 0 radical (unpaired) electrons. The van der Waals surface area contributed by atoms with Gasteiger partial charge in [0.25, 0.3) is 0 Å². The fourth-order valence-corrected chi connectivity index (χ4v) is 4.17. The summed E-state index contributed by atoms with van der Waals surface area (Å²) in [5, 5.41) is 0. The zero-order chi connectivity index (χ0) is 15.5. The summed E-state index contributed by atoms with van der Waals surface area (Å²) < 4.78 is 31.7. The lowest BCUT2D eigenvalue weighted by Gasteiger charge is -2.30. The summed E-state index contributed by atoms with van der Waals surface area (Å²) in [5.74, 6) is -0.667. The molecule has 0 aromatic heterocycles. The third-order valence-electron chi connectivity index (χ3n) is 3.63. The zero-order valence-corrected chi connectivity index (χ0v) is 13.2. The maximum atomic E-state index is 12.6. The molecule has 0 N–H and O–H groups in total.